The fourth-order valence-electron chi connectivity index (χ4n) is 3.75. The van der Waals surface area contributed by atoms with Crippen molar-refractivity contribution >= 4 is 5.91 Å². The molecule has 1 atom stereocenters. The molecule has 0 saturated carbocycles. The van der Waals surface area contributed by atoms with E-state index in [0.29, 0.717) is 18.8 Å². The number of aromatic amines is 1. The molecule has 1 N–H and O–H groups in total. The second-order valence-corrected chi connectivity index (χ2v) is 7.33. The van der Waals surface area contributed by atoms with Gasteiger partial charge in [-0.15, -0.1) is 0 Å². The number of nitrogens with zero attached hydrogens (tertiary/aromatic N) is 4. The summed E-state index contributed by atoms with van der Waals surface area (Å²) in [6, 6.07) is 11.3. The molecule has 0 aliphatic carbocycles. The molecule has 0 spiro atoms. The average molecular weight is 377 g/mol. The van der Waals surface area contributed by atoms with Gasteiger partial charge in [0.05, 0.1) is 6.20 Å². The fraction of sp³-hybridized carbons (Fsp3) is 0.333. The van der Waals surface area contributed by atoms with Crippen LogP contribution in [0.1, 0.15) is 40.5 Å². The van der Waals surface area contributed by atoms with Crippen molar-refractivity contribution in [2.75, 3.05) is 13.1 Å². The van der Waals surface area contributed by atoms with Crippen molar-refractivity contribution in [3.05, 3.63) is 69.9 Å². The van der Waals surface area contributed by atoms with Crippen molar-refractivity contribution in [1.29, 1.82) is 0 Å². The number of rotatable bonds is 3. The highest BCUT2D eigenvalue weighted by Crippen LogP contribution is 2.33. The first-order chi connectivity index (χ1) is 13.5. The predicted octanol–water partition coefficient (Wildman–Crippen LogP) is 2.50. The molecule has 28 heavy (non-hydrogen) atoms. The van der Waals surface area contributed by atoms with E-state index in [9.17, 15) is 9.59 Å². The van der Waals surface area contributed by atoms with Crippen LogP contribution in [0, 0.1) is 6.92 Å². The summed E-state index contributed by atoms with van der Waals surface area (Å²) in [6.07, 6.45) is 3.76. The molecule has 1 amide bonds. The molecule has 7 nitrogen and oxygen atoms in total. The number of benzene rings is 1. The zero-order valence-corrected chi connectivity index (χ0v) is 16.1. The molecule has 144 valence electrons. The van der Waals surface area contributed by atoms with Crippen LogP contribution in [0.3, 0.4) is 0 Å². The minimum atomic E-state index is -0.228. The monoisotopic (exact) mass is 377 g/mol. The Kier molecular flexibility index (Phi) is 4.81. The van der Waals surface area contributed by atoms with Crippen LogP contribution in [0.25, 0.3) is 11.1 Å². The molecule has 2 aromatic heterocycles. The van der Waals surface area contributed by atoms with Gasteiger partial charge in [-0.2, -0.15) is 10.2 Å². The standard InChI is InChI=1S/C21H23N5O2/c1-14-5-7-15(8-6-14)17-12-22-23-20(17)16-4-3-11-26(13-16)21(28)18-9-10-19(27)25(2)24-18/h5-10,12,16H,3-4,11,13H2,1-2H3,(H,22,23). The quantitative estimate of drug-likeness (QED) is 0.760. The second kappa shape index (κ2) is 7.42. The van der Waals surface area contributed by atoms with Gasteiger partial charge in [0.15, 0.2) is 0 Å². The van der Waals surface area contributed by atoms with E-state index < -0.39 is 0 Å². The molecule has 1 fully saturated rings. The van der Waals surface area contributed by atoms with E-state index in [2.05, 4.69) is 46.5 Å². The topological polar surface area (TPSA) is 83.9 Å². The minimum absolute atomic E-state index is 0.142. The van der Waals surface area contributed by atoms with Crippen molar-refractivity contribution in [2.45, 2.75) is 25.7 Å². The molecular weight excluding hydrogens is 354 g/mol. The van der Waals surface area contributed by atoms with Crippen LogP contribution in [-0.2, 0) is 7.05 Å². The van der Waals surface area contributed by atoms with Crippen LogP contribution in [0.15, 0.2) is 47.4 Å². The normalized spacial score (nSPS) is 16.9. The smallest absolute Gasteiger partial charge is 0.274 e. The maximum absolute atomic E-state index is 12.9. The van der Waals surface area contributed by atoms with Crippen LogP contribution in [0.4, 0.5) is 0 Å². The summed E-state index contributed by atoms with van der Waals surface area (Å²) >= 11 is 0. The van der Waals surface area contributed by atoms with Gasteiger partial charge in [-0.25, -0.2) is 4.68 Å². The molecule has 7 heteroatoms. The lowest BCUT2D eigenvalue weighted by Crippen LogP contribution is -2.40. The van der Waals surface area contributed by atoms with E-state index in [4.69, 9.17) is 0 Å². The Morgan fingerprint density at radius 3 is 2.71 bits per heavy atom. The number of hydrogen-bond donors (Lipinski definition) is 1. The van der Waals surface area contributed by atoms with Crippen molar-refractivity contribution in [1.82, 2.24) is 24.9 Å². The number of nitrogens with one attached hydrogen (secondary N) is 1. The highest BCUT2D eigenvalue weighted by atomic mass is 16.2. The highest BCUT2D eigenvalue weighted by molar-refractivity contribution is 5.92. The molecule has 1 unspecified atom stereocenters. The zero-order valence-electron chi connectivity index (χ0n) is 16.1. The Labute approximate surface area is 163 Å². The number of carbonyl (C=O) groups excluding carboxylic acids is 1. The van der Waals surface area contributed by atoms with E-state index >= 15 is 0 Å². The Hall–Kier alpha value is -3.22. The van der Waals surface area contributed by atoms with E-state index in [1.165, 1.54) is 22.4 Å². The van der Waals surface area contributed by atoms with Crippen LogP contribution in [-0.4, -0.2) is 43.9 Å². The summed E-state index contributed by atoms with van der Waals surface area (Å²) in [5, 5.41) is 11.5. The third-order valence-electron chi connectivity index (χ3n) is 5.33. The molecular formula is C21H23N5O2. The SMILES string of the molecule is Cc1ccc(-c2cn[nH]c2C2CCCN(C(=O)c3ccc(=O)n(C)n3)C2)cc1. The summed E-state index contributed by atoms with van der Waals surface area (Å²) in [6.45, 7) is 3.36. The summed E-state index contributed by atoms with van der Waals surface area (Å²) < 4.78 is 1.19. The number of aromatic nitrogens is 4. The third-order valence-corrected chi connectivity index (χ3v) is 5.33. The van der Waals surface area contributed by atoms with Crippen molar-refractivity contribution in [3.8, 4) is 11.1 Å². The average Bonchev–Trinajstić information content (AvgIpc) is 3.20. The number of piperidine rings is 1. The van der Waals surface area contributed by atoms with Gasteiger partial charge in [-0.05, 0) is 31.4 Å². The van der Waals surface area contributed by atoms with Gasteiger partial charge >= 0.3 is 0 Å². The lowest BCUT2D eigenvalue weighted by molar-refractivity contribution is 0.0697. The highest BCUT2D eigenvalue weighted by Gasteiger charge is 2.29. The number of aryl methyl sites for hydroxylation is 2. The minimum Gasteiger partial charge on any atom is -0.337 e. The van der Waals surface area contributed by atoms with Gasteiger partial charge in [-0.1, -0.05) is 29.8 Å². The lowest BCUT2D eigenvalue weighted by atomic mass is 9.90. The Balaban J connectivity index is 1.57. The molecule has 0 bridgehead atoms. The molecule has 3 heterocycles. The summed E-state index contributed by atoms with van der Waals surface area (Å²) in [4.78, 5) is 26.2. The second-order valence-electron chi connectivity index (χ2n) is 7.33. The fourth-order valence-corrected chi connectivity index (χ4v) is 3.75. The number of carbonyl (C=O) groups is 1. The van der Waals surface area contributed by atoms with Crippen molar-refractivity contribution in [3.63, 3.8) is 0 Å². The molecule has 4 rings (SSSR count). The van der Waals surface area contributed by atoms with Crippen molar-refractivity contribution < 1.29 is 4.79 Å². The molecule has 3 aromatic rings. The molecule has 0 radical (unpaired) electrons. The molecule has 1 aromatic carbocycles. The predicted molar refractivity (Wildman–Crippen MR) is 106 cm³/mol. The number of likely N-dealkylation sites (tertiary alicyclic amines) is 1. The van der Waals surface area contributed by atoms with Crippen LogP contribution in [0.5, 0.6) is 0 Å². The van der Waals surface area contributed by atoms with Gasteiger partial charge in [-0.3, -0.25) is 14.7 Å². The molecule has 1 aliphatic rings. The Bertz CT molecular complexity index is 1050. The largest absolute Gasteiger partial charge is 0.337 e. The van der Waals surface area contributed by atoms with E-state index in [0.717, 1.165) is 29.7 Å². The van der Waals surface area contributed by atoms with Crippen LogP contribution in [0.2, 0.25) is 0 Å². The first-order valence-electron chi connectivity index (χ1n) is 9.47. The van der Waals surface area contributed by atoms with Crippen molar-refractivity contribution in [2.24, 2.45) is 7.05 Å². The van der Waals surface area contributed by atoms with Gasteiger partial charge in [0.1, 0.15) is 5.69 Å². The first-order valence-corrected chi connectivity index (χ1v) is 9.47. The van der Waals surface area contributed by atoms with Gasteiger partial charge in [0, 0.05) is 43.4 Å². The molecule has 1 saturated heterocycles. The number of amides is 1. The first kappa shape index (κ1) is 18.2. The Morgan fingerprint density at radius 2 is 1.96 bits per heavy atom. The third kappa shape index (κ3) is 3.47. The summed E-state index contributed by atoms with van der Waals surface area (Å²) in [5.74, 6) is 0.0423. The zero-order chi connectivity index (χ0) is 19.7. The lowest BCUT2D eigenvalue weighted by Gasteiger charge is -2.32. The maximum Gasteiger partial charge on any atom is 0.274 e. The van der Waals surface area contributed by atoms with Gasteiger partial charge in [0.25, 0.3) is 11.5 Å². The summed E-state index contributed by atoms with van der Waals surface area (Å²) in [7, 11) is 1.55. The van der Waals surface area contributed by atoms with E-state index in [1.807, 2.05) is 11.1 Å². The Morgan fingerprint density at radius 1 is 1.18 bits per heavy atom. The summed E-state index contributed by atoms with van der Waals surface area (Å²) in [5.41, 5.74) is 4.55. The number of H-pyrrole nitrogens is 1. The number of hydrogen-bond acceptors (Lipinski definition) is 4. The van der Waals surface area contributed by atoms with Crippen LogP contribution < -0.4 is 5.56 Å². The van der Waals surface area contributed by atoms with E-state index in [1.54, 1.807) is 7.05 Å². The molecule has 1 aliphatic heterocycles. The van der Waals surface area contributed by atoms with Crippen LogP contribution >= 0.6 is 0 Å². The van der Waals surface area contributed by atoms with Gasteiger partial charge in [0.2, 0.25) is 0 Å². The van der Waals surface area contributed by atoms with E-state index in [-0.39, 0.29) is 17.4 Å². The van der Waals surface area contributed by atoms with Gasteiger partial charge < -0.3 is 4.90 Å². The maximum atomic E-state index is 12.9.